The molecule has 0 radical (unpaired) electrons. The largest absolute Gasteiger partial charge is 0.478 e. The van der Waals surface area contributed by atoms with Crippen LogP contribution in [-0.4, -0.2) is 26.8 Å². The Labute approximate surface area is 109 Å². The van der Waals surface area contributed by atoms with Crippen molar-refractivity contribution in [2.45, 2.75) is 13.0 Å². The molecular formula is C13H13N3O3. The Balaban J connectivity index is 1.91. The van der Waals surface area contributed by atoms with Gasteiger partial charge in [0.05, 0.1) is 5.56 Å². The first-order valence-corrected chi connectivity index (χ1v) is 5.76. The first kappa shape index (κ1) is 12.8. The number of hydrogen-bond donors (Lipinski definition) is 2. The average Bonchev–Trinajstić information content (AvgIpc) is 2.90. The molecular weight excluding hydrogens is 246 g/mol. The second-order valence-electron chi connectivity index (χ2n) is 3.95. The number of anilines is 1. The summed E-state index contributed by atoms with van der Waals surface area (Å²) in [6, 6.07) is 7.93. The Hall–Kier alpha value is -2.63. The van der Waals surface area contributed by atoms with Crippen LogP contribution in [0.2, 0.25) is 0 Å². The number of rotatable bonds is 5. The number of carboxylic acids is 1. The van der Waals surface area contributed by atoms with Crippen molar-refractivity contribution in [1.29, 1.82) is 0 Å². The normalized spacial score (nSPS) is 10.1. The maximum atomic E-state index is 11.7. The molecule has 6 heteroatoms. The van der Waals surface area contributed by atoms with Crippen LogP contribution in [-0.2, 0) is 11.3 Å². The average molecular weight is 259 g/mol. The van der Waals surface area contributed by atoms with Gasteiger partial charge in [-0.2, -0.15) is 5.10 Å². The molecule has 2 rings (SSSR count). The van der Waals surface area contributed by atoms with Crippen LogP contribution in [0.25, 0.3) is 0 Å². The highest BCUT2D eigenvalue weighted by Gasteiger charge is 2.06. The van der Waals surface area contributed by atoms with E-state index in [1.807, 2.05) is 0 Å². The number of amides is 1. The lowest BCUT2D eigenvalue weighted by Gasteiger charge is -2.06. The summed E-state index contributed by atoms with van der Waals surface area (Å²) in [6.07, 6.45) is 3.70. The van der Waals surface area contributed by atoms with E-state index in [-0.39, 0.29) is 17.9 Å². The number of aromatic nitrogens is 2. The van der Waals surface area contributed by atoms with Crippen LogP contribution >= 0.6 is 0 Å². The molecule has 2 N–H and O–H groups in total. The van der Waals surface area contributed by atoms with E-state index in [2.05, 4.69) is 10.4 Å². The van der Waals surface area contributed by atoms with Crippen molar-refractivity contribution < 1.29 is 14.7 Å². The van der Waals surface area contributed by atoms with Gasteiger partial charge in [-0.1, -0.05) is 6.07 Å². The van der Waals surface area contributed by atoms with Gasteiger partial charge in [0.1, 0.15) is 0 Å². The van der Waals surface area contributed by atoms with Crippen molar-refractivity contribution in [3.8, 4) is 0 Å². The smallest absolute Gasteiger partial charge is 0.335 e. The van der Waals surface area contributed by atoms with Gasteiger partial charge in [-0.15, -0.1) is 0 Å². The lowest BCUT2D eigenvalue weighted by molar-refractivity contribution is -0.116. The number of nitrogens with zero attached hydrogens (tertiary/aromatic N) is 2. The van der Waals surface area contributed by atoms with Gasteiger partial charge < -0.3 is 10.4 Å². The molecule has 0 spiro atoms. The van der Waals surface area contributed by atoms with Gasteiger partial charge in [-0.25, -0.2) is 4.79 Å². The molecule has 1 aromatic heterocycles. The predicted octanol–water partition coefficient (Wildman–Crippen LogP) is 1.61. The van der Waals surface area contributed by atoms with E-state index < -0.39 is 5.97 Å². The molecule has 1 heterocycles. The topological polar surface area (TPSA) is 84.2 Å². The summed E-state index contributed by atoms with van der Waals surface area (Å²) < 4.78 is 1.66. The highest BCUT2D eigenvalue weighted by atomic mass is 16.4. The van der Waals surface area contributed by atoms with E-state index in [1.165, 1.54) is 12.1 Å². The number of carbonyl (C=O) groups is 2. The molecule has 0 saturated heterocycles. The molecule has 19 heavy (non-hydrogen) atoms. The van der Waals surface area contributed by atoms with Gasteiger partial charge >= 0.3 is 5.97 Å². The Morgan fingerprint density at radius 2 is 2.16 bits per heavy atom. The van der Waals surface area contributed by atoms with Crippen LogP contribution in [0, 0.1) is 0 Å². The van der Waals surface area contributed by atoms with E-state index in [0.717, 1.165) is 0 Å². The molecule has 1 aromatic carbocycles. The summed E-state index contributed by atoms with van der Waals surface area (Å²) in [4.78, 5) is 22.5. The van der Waals surface area contributed by atoms with Crippen LogP contribution in [0.1, 0.15) is 16.8 Å². The molecule has 1 amide bonds. The summed E-state index contributed by atoms with van der Waals surface area (Å²) in [5.41, 5.74) is 0.621. The Morgan fingerprint density at radius 3 is 2.84 bits per heavy atom. The van der Waals surface area contributed by atoms with Crippen LogP contribution < -0.4 is 5.32 Å². The summed E-state index contributed by atoms with van der Waals surface area (Å²) in [5, 5.41) is 15.5. The number of carboxylic acid groups (broad SMARTS) is 1. The van der Waals surface area contributed by atoms with Gasteiger partial charge in [0.2, 0.25) is 5.91 Å². The minimum Gasteiger partial charge on any atom is -0.478 e. The summed E-state index contributed by atoms with van der Waals surface area (Å²) in [7, 11) is 0. The lowest BCUT2D eigenvalue weighted by Crippen LogP contribution is -2.15. The SMILES string of the molecule is O=C(CCn1cccn1)Nc1cccc(C(=O)O)c1. The second kappa shape index (κ2) is 5.81. The molecule has 6 nitrogen and oxygen atoms in total. The first-order valence-electron chi connectivity index (χ1n) is 5.76. The highest BCUT2D eigenvalue weighted by molar-refractivity contribution is 5.93. The maximum absolute atomic E-state index is 11.7. The maximum Gasteiger partial charge on any atom is 0.335 e. The standard InChI is InChI=1S/C13H13N3O3/c17-12(5-8-16-7-2-6-14-16)15-11-4-1-3-10(9-11)13(18)19/h1-4,6-7,9H,5,8H2,(H,15,17)(H,18,19). The number of carbonyl (C=O) groups excluding carboxylic acids is 1. The van der Waals surface area contributed by atoms with E-state index in [4.69, 9.17) is 5.11 Å². The Morgan fingerprint density at radius 1 is 1.32 bits per heavy atom. The molecule has 2 aromatic rings. The quantitative estimate of drug-likeness (QED) is 0.854. The second-order valence-corrected chi connectivity index (χ2v) is 3.95. The van der Waals surface area contributed by atoms with Crippen molar-refractivity contribution in [1.82, 2.24) is 9.78 Å². The third kappa shape index (κ3) is 3.67. The van der Waals surface area contributed by atoms with E-state index in [0.29, 0.717) is 12.2 Å². The fourth-order valence-electron chi connectivity index (χ4n) is 1.60. The molecule has 0 atom stereocenters. The van der Waals surface area contributed by atoms with Crippen molar-refractivity contribution in [3.63, 3.8) is 0 Å². The molecule has 0 bridgehead atoms. The number of nitrogens with one attached hydrogen (secondary N) is 1. The van der Waals surface area contributed by atoms with Crippen LogP contribution in [0.3, 0.4) is 0 Å². The van der Waals surface area contributed by atoms with Crippen molar-refractivity contribution >= 4 is 17.6 Å². The minimum absolute atomic E-state index is 0.143. The third-order valence-corrected chi connectivity index (χ3v) is 2.52. The van der Waals surface area contributed by atoms with Gasteiger partial charge in [0.25, 0.3) is 0 Å². The third-order valence-electron chi connectivity index (χ3n) is 2.52. The zero-order chi connectivity index (χ0) is 13.7. The summed E-state index contributed by atoms with van der Waals surface area (Å²) >= 11 is 0. The van der Waals surface area contributed by atoms with Gasteiger partial charge in [0, 0.05) is 31.0 Å². The fourth-order valence-corrected chi connectivity index (χ4v) is 1.60. The van der Waals surface area contributed by atoms with Crippen molar-refractivity contribution in [2.75, 3.05) is 5.32 Å². The predicted molar refractivity (Wildman–Crippen MR) is 68.9 cm³/mol. The molecule has 0 aliphatic heterocycles. The van der Waals surface area contributed by atoms with Gasteiger partial charge in [-0.3, -0.25) is 9.48 Å². The first-order chi connectivity index (χ1) is 9.15. The van der Waals surface area contributed by atoms with Crippen molar-refractivity contribution in [3.05, 3.63) is 48.3 Å². The minimum atomic E-state index is -1.02. The van der Waals surface area contributed by atoms with E-state index >= 15 is 0 Å². The Kier molecular flexibility index (Phi) is 3.92. The molecule has 0 fully saturated rings. The fraction of sp³-hybridized carbons (Fsp3) is 0.154. The number of aromatic carboxylic acids is 1. The zero-order valence-electron chi connectivity index (χ0n) is 10.1. The van der Waals surface area contributed by atoms with Crippen LogP contribution in [0.5, 0.6) is 0 Å². The molecule has 98 valence electrons. The zero-order valence-corrected chi connectivity index (χ0v) is 10.1. The number of hydrogen-bond acceptors (Lipinski definition) is 3. The molecule has 0 unspecified atom stereocenters. The molecule has 0 aliphatic rings. The molecule has 0 aliphatic carbocycles. The van der Waals surface area contributed by atoms with Crippen LogP contribution in [0.4, 0.5) is 5.69 Å². The summed E-state index contributed by atoms with van der Waals surface area (Å²) in [6.45, 7) is 0.484. The number of aryl methyl sites for hydroxylation is 1. The summed E-state index contributed by atoms with van der Waals surface area (Å²) in [5.74, 6) is -1.20. The highest BCUT2D eigenvalue weighted by Crippen LogP contribution is 2.11. The van der Waals surface area contributed by atoms with Gasteiger partial charge in [0.15, 0.2) is 0 Å². The van der Waals surface area contributed by atoms with E-state index in [1.54, 1.807) is 35.3 Å². The number of benzene rings is 1. The monoisotopic (exact) mass is 259 g/mol. The Bertz CT molecular complexity index is 579. The molecule has 0 saturated carbocycles. The lowest BCUT2D eigenvalue weighted by atomic mass is 10.2. The van der Waals surface area contributed by atoms with Gasteiger partial charge in [-0.05, 0) is 24.3 Å². The van der Waals surface area contributed by atoms with E-state index in [9.17, 15) is 9.59 Å². The van der Waals surface area contributed by atoms with Crippen LogP contribution in [0.15, 0.2) is 42.7 Å². The van der Waals surface area contributed by atoms with Crippen molar-refractivity contribution in [2.24, 2.45) is 0 Å².